The molecule has 1 aromatic heterocycles. The first-order valence-corrected chi connectivity index (χ1v) is 11.5. The second kappa shape index (κ2) is 10.5. The van der Waals surface area contributed by atoms with Crippen molar-refractivity contribution in [3.63, 3.8) is 0 Å². The molecule has 1 N–H and O–H groups in total. The van der Waals surface area contributed by atoms with E-state index in [4.69, 9.17) is 4.74 Å². The molecule has 3 rings (SSSR count). The van der Waals surface area contributed by atoms with E-state index in [1.165, 1.54) is 22.6 Å². The van der Waals surface area contributed by atoms with E-state index >= 15 is 0 Å². The lowest BCUT2D eigenvalue weighted by Gasteiger charge is -2.16. The van der Waals surface area contributed by atoms with Crippen molar-refractivity contribution >= 4 is 15.9 Å². The molecule has 2 aromatic rings. The highest BCUT2D eigenvalue weighted by atomic mass is 32.2. The highest BCUT2D eigenvalue weighted by Crippen LogP contribution is 2.19. The first-order valence-electron chi connectivity index (χ1n) is 10.1. The van der Waals surface area contributed by atoms with Crippen LogP contribution in [0.1, 0.15) is 24.8 Å². The van der Waals surface area contributed by atoms with Gasteiger partial charge in [0.1, 0.15) is 6.54 Å². The van der Waals surface area contributed by atoms with Crippen molar-refractivity contribution in [1.29, 1.82) is 0 Å². The minimum Gasteiger partial charge on any atom is -0.377 e. The second-order valence-electron chi connectivity index (χ2n) is 7.18. The van der Waals surface area contributed by atoms with Crippen molar-refractivity contribution in [1.82, 2.24) is 14.2 Å². The van der Waals surface area contributed by atoms with Gasteiger partial charge in [0.15, 0.2) is 0 Å². The molecule has 0 unspecified atom stereocenters. The molecule has 1 amide bonds. The zero-order chi connectivity index (χ0) is 21.4. The van der Waals surface area contributed by atoms with Crippen molar-refractivity contribution in [2.24, 2.45) is 0 Å². The molecule has 8 nitrogen and oxygen atoms in total. The van der Waals surface area contributed by atoms with Crippen molar-refractivity contribution < 1.29 is 17.9 Å². The van der Waals surface area contributed by atoms with Crippen LogP contribution < -0.4 is 10.9 Å². The smallest absolute Gasteiger partial charge is 0.251 e. The summed E-state index contributed by atoms with van der Waals surface area (Å²) in [7, 11) is -3.64. The predicted octanol–water partition coefficient (Wildman–Crippen LogP) is 1.36. The Morgan fingerprint density at radius 2 is 1.80 bits per heavy atom. The SMILES string of the molecule is O=C(Cn1cc(S(=O)(=O)N2CCCC2)ccc1=O)NCCCOCc1ccccc1. The maximum Gasteiger partial charge on any atom is 0.251 e. The number of ether oxygens (including phenoxy) is 1. The molecule has 1 aliphatic heterocycles. The molecule has 1 aromatic carbocycles. The third kappa shape index (κ3) is 6.01. The van der Waals surface area contributed by atoms with Crippen LogP contribution in [-0.2, 0) is 32.7 Å². The summed E-state index contributed by atoms with van der Waals surface area (Å²) in [5.41, 5.74) is 0.668. The number of aromatic nitrogens is 1. The molecule has 0 atom stereocenters. The number of pyridine rings is 1. The van der Waals surface area contributed by atoms with Crippen LogP contribution in [0.3, 0.4) is 0 Å². The molecule has 162 valence electrons. The molecule has 1 aliphatic rings. The van der Waals surface area contributed by atoms with E-state index in [9.17, 15) is 18.0 Å². The summed E-state index contributed by atoms with van der Waals surface area (Å²) in [6.07, 6.45) is 3.54. The van der Waals surface area contributed by atoms with Crippen LogP contribution in [0.5, 0.6) is 0 Å². The second-order valence-corrected chi connectivity index (χ2v) is 9.12. The number of nitrogens with one attached hydrogen (secondary N) is 1. The van der Waals surface area contributed by atoms with Crippen molar-refractivity contribution in [3.05, 3.63) is 64.6 Å². The van der Waals surface area contributed by atoms with Gasteiger partial charge in [-0.25, -0.2) is 8.42 Å². The maximum atomic E-state index is 12.7. The first kappa shape index (κ1) is 22.2. The number of sulfonamides is 1. The van der Waals surface area contributed by atoms with Crippen LogP contribution in [0.2, 0.25) is 0 Å². The van der Waals surface area contributed by atoms with Crippen LogP contribution in [-0.4, -0.2) is 49.4 Å². The van der Waals surface area contributed by atoms with Crippen LogP contribution in [0.25, 0.3) is 0 Å². The number of rotatable bonds is 10. The summed E-state index contributed by atoms with van der Waals surface area (Å²) < 4.78 is 33.4. The molecular formula is C21H27N3O5S. The van der Waals surface area contributed by atoms with Crippen LogP contribution in [0.15, 0.2) is 58.4 Å². The molecular weight excluding hydrogens is 406 g/mol. The van der Waals surface area contributed by atoms with Gasteiger partial charge in [0.25, 0.3) is 5.56 Å². The summed E-state index contributed by atoms with van der Waals surface area (Å²) in [4.78, 5) is 24.3. The fraction of sp³-hybridized carbons (Fsp3) is 0.429. The van der Waals surface area contributed by atoms with Crippen molar-refractivity contribution in [2.45, 2.75) is 37.3 Å². The monoisotopic (exact) mass is 433 g/mol. The molecule has 1 saturated heterocycles. The number of amides is 1. The third-order valence-electron chi connectivity index (χ3n) is 4.87. The van der Waals surface area contributed by atoms with Crippen LogP contribution in [0.4, 0.5) is 0 Å². The Morgan fingerprint density at radius 1 is 1.07 bits per heavy atom. The Balaban J connectivity index is 1.46. The van der Waals surface area contributed by atoms with Gasteiger partial charge in [0, 0.05) is 38.5 Å². The van der Waals surface area contributed by atoms with Gasteiger partial charge in [-0.15, -0.1) is 0 Å². The fourth-order valence-electron chi connectivity index (χ4n) is 3.24. The van der Waals surface area contributed by atoms with Gasteiger partial charge in [-0.1, -0.05) is 30.3 Å². The maximum absolute atomic E-state index is 12.7. The summed E-state index contributed by atoms with van der Waals surface area (Å²) in [6.45, 7) is 2.16. The summed E-state index contributed by atoms with van der Waals surface area (Å²) >= 11 is 0. The Labute approximate surface area is 176 Å². The van der Waals surface area contributed by atoms with E-state index in [2.05, 4.69) is 5.32 Å². The normalized spacial score (nSPS) is 14.7. The summed E-state index contributed by atoms with van der Waals surface area (Å²) in [6, 6.07) is 12.3. The van der Waals surface area contributed by atoms with Gasteiger partial charge in [0.05, 0.1) is 11.5 Å². The largest absolute Gasteiger partial charge is 0.377 e. The average Bonchev–Trinajstić information content (AvgIpc) is 3.29. The van der Waals surface area contributed by atoms with Gasteiger partial charge in [-0.05, 0) is 30.9 Å². The molecule has 0 aliphatic carbocycles. The quantitative estimate of drug-likeness (QED) is 0.571. The average molecular weight is 434 g/mol. The van der Waals surface area contributed by atoms with Gasteiger partial charge in [-0.2, -0.15) is 4.31 Å². The molecule has 30 heavy (non-hydrogen) atoms. The van der Waals surface area contributed by atoms with Crippen molar-refractivity contribution in [3.8, 4) is 0 Å². The summed E-state index contributed by atoms with van der Waals surface area (Å²) in [5.74, 6) is -0.351. The van der Waals surface area contributed by atoms with E-state index in [0.717, 1.165) is 23.0 Å². The number of benzene rings is 1. The number of carbonyl (C=O) groups excluding carboxylic acids is 1. The molecule has 9 heteroatoms. The van der Waals surface area contributed by atoms with E-state index in [0.29, 0.717) is 39.3 Å². The zero-order valence-corrected chi connectivity index (χ0v) is 17.6. The van der Waals surface area contributed by atoms with Crippen LogP contribution >= 0.6 is 0 Å². The predicted molar refractivity (Wildman–Crippen MR) is 112 cm³/mol. The first-order chi connectivity index (χ1) is 14.5. The standard InChI is InChI=1S/C21H27N3O5S/c25-20(22-11-6-14-29-17-18-7-2-1-3-8-18)16-23-15-19(9-10-21(23)26)30(27,28)24-12-4-5-13-24/h1-3,7-10,15H,4-6,11-14,16-17H2,(H,22,25). The van der Waals surface area contributed by atoms with E-state index < -0.39 is 15.6 Å². The highest BCUT2D eigenvalue weighted by molar-refractivity contribution is 7.89. The highest BCUT2D eigenvalue weighted by Gasteiger charge is 2.27. The lowest BCUT2D eigenvalue weighted by Crippen LogP contribution is -2.34. The zero-order valence-electron chi connectivity index (χ0n) is 16.8. The van der Waals surface area contributed by atoms with E-state index in [1.807, 2.05) is 30.3 Å². The molecule has 1 fully saturated rings. The lowest BCUT2D eigenvalue weighted by atomic mass is 10.2. The topological polar surface area (TPSA) is 97.7 Å². The minimum absolute atomic E-state index is 0.0334. The van der Waals surface area contributed by atoms with Gasteiger partial charge in [-0.3, -0.25) is 9.59 Å². The number of carbonyl (C=O) groups is 1. The third-order valence-corrected chi connectivity index (χ3v) is 6.75. The number of nitrogens with zero attached hydrogens (tertiary/aromatic N) is 2. The van der Waals surface area contributed by atoms with E-state index in [1.54, 1.807) is 0 Å². The Morgan fingerprint density at radius 3 is 2.53 bits per heavy atom. The Kier molecular flexibility index (Phi) is 7.78. The van der Waals surface area contributed by atoms with Gasteiger partial charge < -0.3 is 14.6 Å². The number of hydrogen-bond acceptors (Lipinski definition) is 5. The number of hydrogen-bond donors (Lipinski definition) is 1. The lowest BCUT2D eigenvalue weighted by molar-refractivity contribution is -0.121. The van der Waals surface area contributed by atoms with Gasteiger partial charge >= 0.3 is 0 Å². The minimum atomic E-state index is -3.64. The molecule has 0 spiro atoms. The van der Waals surface area contributed by atoms with Crippen LogP contribution in [0, 0.1) is 0 Å². The Hall–Kier alpha value is -2.49. The molecule has 0 bridgehead atoms. The fourth-order valence-corrected chi connectivity index (χ4v) is 4.78. The van der Waals surface area contributed by atoms with E-state index in [-0.39, 0.29) is 17.3 Å². The summed E-state index contributed by atoms with van der Waals surface area (Å²) in [5, 5.41) is 2.73. The molecule has 2 heterocycles. The van der Waals surface area contributed by atoms with Crippen molar-refractivity contribution in [2.75, 3.05) is 26.2 Å². The van der Waals surface area contributed by atoms with Gasteiger partial charge in [0.2, 0.25) is 15.9 Å². The molecule has 0 saturated carbocycles. The molecule has 0 radical (unpaired) electrons. The Bertz CT molecular complexity index is 999.